The second-order valence-corrected chi connectivity index (χ2v) is 10.2. The van der Waals surface area contributed by atoms with Crippen LogP contribution in [-0.4, -0.2) is 27.1 Å². The molecule has 0 radical (unpaired) electrons. The highest BCUT2D eigenvalue weighted by atomic mass is 32.2. The van der Waals surface area contributed by atoms with Gasteiger partial charge in [-0.05, 0) is 6.42 Å². The fourth-order valence-electron chi connectivity index (χ4n) is 2.97. The molecule has 29 heavy (non-hydrogen) atoms. The van der Waals surface area contributed by atoms with Crippen LogP contribution in [0, 0.1) is 23.3 Å². The van der Waals surface area contributed by atoms with Crippen LogP contribution in [0.25, 0.3) is 0 Å². The molecule has 0 aliphatic rings. The smallest absolute Gasteiger partial charge is 0.184 e. The molecule has 0 unspecified atom stereocenters. The Bertz CT molecular complexity index is 870. The van der Waals surface area contributed by atoms with Gasteiger partial charge in [-0.15, -0.1) is 0 Å². The van der Waals surface area contributed by atoms with Crippen LogP contribution in [-0.2, 0) is 20.0 Å². The van der Waals surface area contributed by atoms with Gasteiger partial charge in [0, 0.05) is 0 Å². The van der Waals surface area contributed by atoms with E-state index < -0.39 is 58.8 Å². The Hall–Kier alpha value is -1.20. The van der Waals surface area contributed by atoms with Gasteiger partial charge in [-0.2, -0.15) is 0 Å². The zero-order chi connectivity index (χ0) is 22.2. The van der Waals surface area contributed by atoms with E-state index in [4.69, 9.17) is 0 Å². The van der Waals surface area contributed by atoms with Crippen LogP contribution < -0.4 is 0 Å². The summed E-state index contributed by atoms with van der Waals surface area (Å²) in [5.41, 5.74) is 0. The van der Waals surface area contributed by atoms with Crippen molar-refractivity contribution in [3.05, 3.63) is 23.3 Å². The standard InChI is InChI=1S/C18H26F4O5S2/c1-2-3-4-5-6-7-8-9-10-11-12-28(23,24)17-13(19)15(21)18(29(25,26)27)16(22)14(17)20/h2-12H2,1H3,(H,25,26,27)/p-1. The van der Waals surface area contributed by atoms with Crippen molar-refractivity contribution in [2.24, 2.45) is 0 Å². The first-order valence-electron chi connectivity index (χ1n) is 9.49. The number of benzene rings is 1. The number of halogens is 4. The molecule has 1 aromatic rings. The van der Waals surface area contributed by atoms with Crippen molar-refractivity contribution in [1.29, 1.82) is 0 Å². The van der Waals surface area contributed by atoms with Gasteiger partial charge in [0.15, 0.2) is 33.1 Å². The molecule has 168 valence electrons. The number of hydrogen-bond acceptors (Lipinski definition) is 5. The van der Waals surface area contributed by atoms with E-state index in [-0.39, 0.29) is 6.42 Å². The lowest BCUT2D eigenvalue weighted by Crippen LogP contribution is -2.18. The molecule has 0 aliphatic heterocycles. The van der Waals surface area contributed by atoms with Crippen molar-refractivity contribution >= 4 is 20.0 Å². The Balaban J connectivity index is 2.72. The topological polar surface area (TPSA) is 91.3 Å². The van der Waals surface area contributed by atoms with Crippen LogP contribution >= 0.6 is 0 Å². The van der Waals surface area contributed by atoms with E-state index in [9.17, 15) is 39.0 Å². The molecule has 0 aromatic heterocycles. The average Bonchev–Trinajstić information content (AvgIpc) is 2.60. The summed E-state index contributed by atoms with van der Waals surface area (Å²) in [6.45, 7) is 2.12. The molecule has 0 fully saturated rings. The van der Waals surface area contributed by atoms with E-state index in [1.165, 1.54) is 12.8 Å². The van der Waals surface area contributed by atoms with Crippen molar-refractivity contribution < 1.29 is 39.0 Å². The molecule has 0 atom stereocenters. The molecule has 0 aliphatic carbocycles. The first-order chi connectivity index (χ1) is 13.4. The lowest BCUT2D eigenvalue weighted by molar-refractivity contribution is 0.377. The molecule has 0 N–H and O–H groups in total. The third kappa shape index (κ3) is 7.21. The number of rotatable bonds is 13. The molecular formula is C18H25F4O5S2-. The van der Waals surface area contributed by atoms with Crippen LogP contribution in [0.5, 0.6) is 0 Å². The minimum absolute atomic E-state index is 0.0158. The van der Waals surface area contributed by atoms with E-state index in [0.717, 1.165) is 32.1 Å². The van der Waals surface area contributed by atoms with Gasteiger partial charge < -0.3 is 4.55 Å². The Kier molecular flexibility index (Phi) is 10.0. The van der Waals surface area contributed by atoms with E-state index in [2.05, 4.69) is 6.92 Å². The summed E-state index contributed by atoms with van der Waals surface area (Å²) in [4.78, 5) is -4.26. The Morgan fingerprint density at radius 3 is 1.34 bits per heavy atom. The number of hydrogen-bond donors (Lipinski definition) is 0. The largest absolute Gasteiger partial charge is 0.744 e. The number of unbranched alkanes of at least 4 members (excludes halogenated alkanes) is 9. The maximum Gasteiger partial charge on any atom is 0.184 e. The molecule has 0 bridgehead atoms. The summed E-state index contributed by atoms with van der Waals surface area (Å²) in [7, 11) is -10.6. The quantitative estimate of drug-likeness (QED) is 0.181. The van der Waals surface area contributed by atoms with Crippen molar-refractivity contribution in [3.63, 3.8) is 0 Å². The summed E-state index contributed by atoms with van der Waals surface area (Å²) in [5.74, 6) is -10.7. The molecule has 1 aromatic carbocycles. The zero-order valence-corrected chi connectivity index (χ0v) is 17.8. The van der Waals surface area contributed by atoms with Gasteiger partial charge in [0.25, 0.3) is 0 Å². The second-order valence-electron chi connectivity index (χ2n) is 6.87. The highest BCUT2D eigenvalue weighted by Gasteiger charge is 2.34. The fraction of sp³-hybridized carbons (Fsp3) is 0.667. The third-order valence-electron chi connectivity index (χ3n) is 4.51. The SMILES string of the molecule is CCCCCCCCCCCCS(=O)(=O)c1c(F)c(F)c(S(=O)(=O)[O-])c(F)c1F. The van der Waals surface area contributed by atoms with E-state index >= 15 is 0 Å². The Morgan fingerprint density at radius 2 is 0.966 bits per heavy atom. The molecule has 0 amide bonds. The lowest BCUT2D eigenvalue weighted by atomic mass is 10.1. The second kappa shape index (κ2) is 11.3. The van der Waals surface area contributed by atoms with Crippen molar-refractivity contribution in [3.8, 4) is 0 Å². The van der Waals surface area contributed by atoms with Crippen molar-refractivity contribution in [2.45, 2.75) is 80.9 Å². The van der Waals surface area contributed by atoms with Gasteiger partial charge in [0.05, 0.1) is 5.75 Å². The lowest BCUT2D eigenvalue weighted by Gasteiger charge is -2.14. The molecular weight excluding hydrogens is 436 g/mol. The molecule has 1 rings (SSSR count). The highest BCUT2D eigenvalue weighted by Crippen LogP contribution is 2.31. The van der Waals surface area contributed by atoms with Crippen LogP contribution in [0.15, 0.2) is 9.79 Å². The first-order valence-corrected chi connectivity index (χ1v) is 12.6. The van der Waals surface area contributed by atoms with Gasteiger partial charge in [-0.25, -0.2) is 34.4 Å². The predicted octanol–water partition coefficient (Wildman–Crippen LogP) is 4.84. The maximum atomic E-state index is 14.0. The molecule has 0 saturated heterocycles. The van der Waals surface area contributed by atoms with Crippen LogP contribution in [0.2, 0.25) is 0 Å². The van der Waals surface area contributed by atoms with Crippen LogP contribution in [0.3, 0.4) is 0 Å². The number of sulfone groups is 1. The van der Waals surface area contributed by atoms with Gasteiger partial charge in [-0.3, -0.25) is 0 Å². The summed E-state index contributed by atoms with van der Waals surface area (Å²) in [6, 6.07) is 0. The Morgan fingerprint density at radius 1 is 0.621 bits per heavy atom. The summed E-state index contributed by atoms with van der Waals surface area (Å²) in [5, 5.41) is 0. The van der Waals surface area contributed by atoms with Crippen molar-refractivity contribution in [1.82, 2.24) is 0 Å². The molecule has 0 saturated carbocycles. The van der Waals surface area contributed by atoms with E-state index in [0.29, 0.717) is 12.8 Å². The van der Waals surface area contributed by atoms with Crippen molar-refractivity contribution in [2.75, 3.05) is 5.75 Å². The molecule has 0 spiro atoms. The van der Waals surface area contributed by atoms with Crippen LogP contribution in [0.4, 0.5) is 17.6 Å². The fourth-order valence-corrected chi connectivity index (χ4v) is 5.10. The van der Waals surface area contributed by atoms with Gasteiger partial charge in [0.2, 0.25) is 0 Å². The van der Waals surface area contributed by atoms with E-state index in [1.54, 1.807) is 0 Å². The predicted molar refractivity (Wildman–Crippen MR) is 98.1 cm³/mol. The van der Waals surface area contributed by atoms with Gasteiger partial charge in [0.1, 0.15) is 19.9 Å². The summed E-state index contributed by atoms with van der Waals surface area (Å²) in [6.07, 6.45) is 8.73. The van der Waals surface area contributed by atoms with Gasteiger partial charge >= 0.3 is 0 Å². The van der Waals surface area contributed by atoms with Crippen LogP contribution in [0.1, 0.15) is 71.1 Å². The summed E-state index contributed by atoms with van der Waals surface area (Å²) >= 11 is 0. The molecule has 5 nitrogen and oxygen atoms in total. The minimum Gasteiger partial charge on any atom is -0.744 e. The molecule has 0 heterocycles. The monoisotopic (exact) mass is 461 g/mol. The first kappa shape index (κ1) is 25.8. The average molecular weight is 462 g/mol. The van der Waals surface area contributed by atoms with E-state index in [1.807, 2.05) is 0 Å². The zero-order valence-electron chi connectivity index (χ0n) is 16.1. The highest BCUT2D eigenvalue weighted by molar-refractivity contribution is 7.91. The third-order valence-corrected chi connectivity index (χ3v) is 7.18. The summed E-state index contributed by atoms with van der Waals surface area (Å²) < 4.78 is 112. The minimum atomic E-state index is -5.88. The van der Waals surface area contributed by atoms with Gasteiger partial charge in [-0.1, -0.05) is 64.7 Å². The normalized spacial score (nSPS) is 12.5. The Labute approximate surface area is 169 Å². The molecule has 11 heteroatoms. The maximum absolute atomic E-state index is 14.0.